The Hall–Kier alpha value is -0.680. The van der Waals surface area contributed by atoms with Gasteiger partial charge in [-0.2, -0.15) is 16.9 Å². The topological polar surface area (TPSA) is 47.1 Å². The Bertz CT molecular complexity index is 339. The zero-order valence-electron chi connectivity index (χ0n) is 10.5. The molecule has 2 heterocycles. The van der Waals surface area contributed by atoms with Crippen LogP contribution in [0.25, 0.3) is 0 Å². The molecule has 1 aliphatic rings. The highest BCUT2D eigenvalue weighted by Crippen LogP contribution is 2.20. The summed E-state index contributed by atoms with van der Waals surface area (Å²) in [5, 5.41) is 5.03. The maximum atomic E-state index is 5.58. The van der Waals surface area contributed by atoms with Crippen molar-refractivity contribution in [3.63, 3.8) is 0 Å². The maximum absolute atomic E-state index is 5.58. The number of hydrogen-bond donors (Lipinski definition) is 1. The molecule has 17 heavy (non-hydrogen) atoms. The van der Waals surface area contributed by atoms with E-state index >= 15 is 0 Å². The average Bonchev–Trinajstić information content (AvgIpc) is 2.75. The predicted molar refractivity (Wildman–Crippen MR) is 74.2 cm³/mol. The molecule has 2 N–H and O–H groups in total. The minimum Gasteiger partial charge on any atom is -0.382 e. The molecule has 0 saturated carbocycles. The van der Waals surface area contributed by atoms with Gasteiger partial charge < -0.3 is 10.6 Å². The highest BCUT2D eigenvalue weighted by atomic mass is 32.2. The Kier molecular flexibility index (Phi) is 4.74. The van der Waals surface area contributed by atoms with E-state index in [4.69, 9.17) is 5.73 Å². The second kappa shape index (κ2) is 6.31. The average molecular weight is 254 g/mol. The zero-order chi connectivity index (χ0) is 12.1. The Morgan fingerprint density at radius 3 is 3.12 bits per heavy atom. The fourth-order valence-corrected chi connectivity index (χ4v) is 3.44. The number of aryl methyl sites for hydroxylation is 1. The molecule has 0 amide bonds. The molecule has 2 rings (SSSR count). The summed E-state index contributed by atoms with van der Waals surface area (Å²) in [5.74, 6) is 1.90. The van der Waals surface area contributed by atoms with Crippen LogP contribution in [0.4, 0.5) is 5.82 Å². The first-order valence-electron chi connectivity index (χ1n) is 6.41. The molecule has 1 aromatic heterocycles. The molecule has 0 aliphatic carbocycles. The molecule has 1 fully saturated rings. The molecule has 5 heteroatoms. The van der Waals surface area contributed by atoms with E-state index in [0.29, 0.717) is 5.82 Å². The van der Waals surface area contributed by atoms with Crippen LogP contribution in [-0.4, -0.2) is 45.3 Å². The van der Waals surface area contributed by atoms with Crippen LogP contribution in [-0.2, 0) is 6.54 Å². The number of hydrogen-bond acceptors (Lipinski definition) is 4. The van der Waals surface area contributed by atoms with Gasteiger partial charge in [0.15, 0.2) is 0 Å². The second-order valence-corrected chi connectivity index (χ2v) is 5.97. The number of thioether (sulfide) groups is 1. The van der Waals surface area contributed by atoms with Crippen LogP contribution in [0.1, 0.15) is 19.8 Å². The van der Waals surface area contributed by atoms with Crippen LogP contribution < -0.4 is 5.73 Å². The monoisotopic (exact) mass is 254 g/mol. The first-order chi connectivity index (χ1) is 8.28. The second-order valence-electron chi connectivity index (χ2n) is 4.56. The lowest BCUT2D eigenvalue weighted by molar-refractivity contribution is 0.270. The third kappa shape index (κ3) is 3.92. The fourth-order valence-electron chi connectivity index (χ4n) is 2.19. The molecule has 4 nitrogen and oxygen atoms in total. The number of nitrogens with two attached hydrogens (primary N) is 1. The van der Waals surface area contributed by atoms with Gasteiger partial charge in [0, 0.05) is 36.8 Å². The largest absolute Gasteiger partial charge is 0.382 e. The van der Waals surface area contributed by atoms with E-state index in [-0.39, 0.29) is 0 Å². The molecule has 1 unspecified atom stereocenters. The Labute approximate surface area is 108 Å². The van der Waals surface area contributed by atoms with Crippen molar-refractivity contribution >= 4 is 17.6 Å². The molecule has 0 spiro atoms. The van der Waals surface area contributed by atoms with E-state index in [1.54, 1.807) is 0 Å². The molecule has 0 bridgehead atoms. The fraction of sp³-hybridized carbons (Fsp3) is 0.750. The van der Waals surface area contributed by atoms with Gasteiger partial charge in [0.2, 0.25) is 0 Å². The molecule has 1 saturated heterocycles. The van der Waals surface area contributed by atoms with Gasteiger partial charge in [-0.1, -0.05) is 6.92 Å². The van der Waals surface area contributed by atoms with Crippen LogP contribution in [0, 0.1) is 0 Å². The maximum Gasteiger partial charge on any atom is 0.145 e. The molecule has 1 aromatic rings. The molecular weight excluding hydrogens is 232 g/mol. The van der Waals surface area contributed by atoms with Gasteiger partial charge >= 0.3 is 0 Å². The van der Waals surface area contributed by atoms with E-state index in [9.17, 15) is 0 Å². The van der Waals surface area contributed by atoms with Crippen molar-refractivity contribution in [2.45, 2.75) is 31.6 Å². The lowest BCUT2D eigenvalue weighted by atomic mass is 10.3. The van der Waals surface area contributed by atoms with Crippen LogP contribution in [0.5, 0.6) is 0 Å². The van der Waals surface area contributed by atoms with Crippen molar-refractivity contribution in [1.29, 1.82) is 0 Å². The number of anilines is 1. The first-order valence-corrected chi connectivity index (χ1v) is 7.45. The first kappa shape index (κ1) is 12.8. The summed E-state index contributed by atoms with van der Waals surface area (Å²) in [5.41, 5.74) is 5.58. The van der Waals surface area contributed by atoms with E-state index < -0.39 is 0 Å². The van der Waals surface area contributed by atoms with Gasteiger partial charge in [-0.25, -0.2) is 0 Å². The summed E-state index contributed by atoms with van der Waals surface area (Å²) in [6.07, 6.45) is 4.40. The van der Waals surface area contributed by atoms with Crippen LogP contribution in [0.15, 0.2) is 12.3 Å². The minimum atomic E-state index is 0.616. The van der Waals surface area contributed by atoms with E-state index in [0.717, 1.165) is 18.2 Å². The quantitative estimate of drug-likeness (QED) is 0.868. The summed E-state index contributed by atoms with van der Waals surface area (Å²) >= 11 is 2.12. The predicted octanol–water partition coefficient (Wildman–Crippen LogP) is 1.68. The van der Waals surface area contributed by atoms with E-state index in [2.05, 4.69) is 28.7 Å². The van der Waals surface area contributed by atoms with Crippen LogP contribution in [0.3, 0.4) is 0 Å². The Morgan fingerprint density at radius 1 is 1.53 bits per heavy atom. The number of nitrogen functional groups attached to an aromatic ring is 1. The Balaban J connectivity index is 1.68. The minimum absolute atomic E-state index is 0.616. The highest BCUT2D eigenvalue weighted by Gasteiger charge is 2.18. The van der Waals surface area contributed by atoms with E-state index in [1.165, 1.54) is 31.8 Å². The lowest BCUT2D eigenvalue weighted by Crippen LogP contribution is -2.38. The van der Waals surface area contributed by atoms with Gasteiger partial charge in [0.05, 0.1) is 0 Å². The molecule has 0 aromatic carbocycles. The molecule has 1 aliphatic heterocycles. The van der Waals surface area contributed by atoms with Crippen molar-refractivity contribution in [1.82, 2.24) is 14.7 Å². The molecule has 96 valence electrons. The van der Waals surface area contributed by atoms with Crippen molar-refractivity contribution in [2.75, 3.05) is 31.1 Å². The zero-order valence-corrected chi connectivity index (χ0v) is 11.3. The Morgan fingerprint density at radius 2 is 2.41 bits per heavy atom. The van der Waals surface area contributed by atoms with Gasteiger partial charge in [0.25, 0.3) is 0 Å². The number of nitrogens with zero attached hydrogens (tertiary/aromatic N) is 3. The van der Waals surface area contributed by atoms with E-state index in [1.807, 2.05) is 16.9 Å². The van der Waals surface area contributed by atoms with Crippen LogP contribution >= 0.6 is 11.8 Å². The van der Waals surface area contributed by atoms with Crippen molar-refractivity contribution < 1.29 is 0 Å². The third-order valence-electron chi connectivity index (χ3n) is 3.20. The third-order valence-corrected chi connectivity index (χ3v) is 4.57. The van der Waals surface area contributed by atoms with Crippen molar-refractivity contribution in [3.8, 4) is 0 Å². The van der Waals surface area contributed by atoms with Gasteiger partial charge in [-0.3, -0.25) is 4.68 Å². The molecule has 1 atom stereocenters. The molecular formula is C12H22N4S. The summed E-state index contributed by atoms with van der Waals surface area (Å²) in [6, 6.07) is 1.85. The summed E-state index contributed by atoms with van der Waals surface area (Å²) < 4.78 is 1.94. The van der Waals surface area contributed by atoms with Crippen LogP contribution in [0.2, 0.25) is 0 Å². The smallest absolute Gasteiger partial charge is 0.145 e. The van der Waals surface area contributed by atoms with Gasteiger partial charge in [-0.15, -0.1) is 0 Å². The summed E-state index contributed by atoms with van der Waals surface area (Å²) in [7, 11) is 0. The normalized spacial score (nSPS) is 21.8. The number of rotatable bonds is 5. The summed E-state index contributed by atoms with van der Waals surface area (Å²) in [6.45, 7) is 6.92. The molecule has 0 radical (unpaired) electrons. The SMILES string of the molecule is CCC1CN(CCCn2ccc(N)n2)CCS1. The van der Waals surface area contributed by atoms with Crippen molar-refractivity contribution in [2.24, 2.45) is 0 Å². The number of aromatic nitrogens is 2. The van der Waals surface area contributed by atoms with Crippen molar-refractivity contribution in [3.05, 3.63) is 12.3 Å². The summed E-state index contributed by atoms with van der Waals surface area (Å²) in [4.78, 5) is 2.58. The lowest BCUT2D eigenvalue weighted by Gasteiger charge is -2.31. The van der Waals surface area contributed by atoms with Gasteiger partial charge in [-0.05, 0) is 25.5 Å². The highest BCUT2D eigenvalue weighted by molar-refractivity contribution is 8.00. The standard InChI is InChI=1S/C12H22N4S/c1-2-11-10-15(8-9-17-11)5-3-6-16-7-4-12(13)14-16/h4,7,11H,2-3,5-6,8-10H2,1H3,(H2,13,14). The van der Waals surface area contributed by atoms with Gasteiger partial charge in [0.1, 0.15) is 5.82 Å².